The SMILES string of the molecule is Cc1c(Br)cccc1-c1nc2c(o1)CN(C(=O)CNCCO)C2. The fourth-order valence-electron chi connectivity index (χ4n) is 2.56. The lowest BCUT2D eigenvalue weighted by atomic mass is 10.1. The van der Waals surface area contributed by atoms with E-state index in [0.29, 0.717) is 25.5 Å². The minimum absolute atomic E-state index is 0.0186. The Morgan fingerprint density at radius 2 is 2.30 bits per heavy atom. The van der Waals surface area contributed by atoms with Crippen molar-refractivity contribution in [2.45, 2.75) is 20.0 Å². The third-order valence-corrected chi connectivity index (χ3v) is 4.73. The van der Waals surface area contributed by atoms with Crippen LogP contribution in [0.2, 0.25) is 0 Å². The Labute approximate surface area is 142 Å². The van der Waals surface area contributed by atoms with Crippen LogP contribution in [0.1, 0.15) is 17.0 Å². The Balaban J connectivity index is 1.71. The Morgan fingerprint density at radius 3 is 3.04 bits per heavy atom. The predicted molar refractivity (Wildman–Crippen MR) is 88.6 cm³/mol. The van der Waals surface area contributed by atoms with Gasteiger partial charge in [-0.05, 0) is 24.6 Å². The zero-order chi connectivity index (χ0) is 16.4. The zero-order valence-electron chi connectivity index (χ0n) is 12.8. The normalized spacial score (nSPS) is 13.4. The summed E-state index contributed by atoms with van der Waals surface area (Å²) < 4.78 is 6.88. The van der Waals surface area contributed by atoms with Crippen LogP contribution >= 0.6 is 15.9 Å². The summed E-state index contributed by atoms with van der Waals surface area (Å²) in [5.74, 6) is 1.32. The van der Waals surface area contributed by atoms with Crippen LogP contribution in [0.5, 0.6) is 0 Å². The molecule has 0 unspecified atom stereocenters. The Bertz CT molecular complexity index is 706. The maximum Gasteiger partial charge on any atom is 0.237 e. The number of carbonyl (C=O) groups excluding carboxylic acids is 1. The molecule has 23 heavy (non-hydrogen) atoms. The molecule has 0 saturated heterocycles. The summed E-state index contributed by atoms with van der Waals surface area (Å²) >= 11 is 3.51. The Hall–Kier alpha value is -1.70. The molecule has 2 heterocycles. The highest BCUT2D eigenvalue weighted by atomic mass is 79.9. The molecule has 6 nitrogen and oxygen atoms in total. The number of fused-ring (bicyclic) bond motifs is 1. The first kappa shape index (κ1) is 16.2. The molecule has 1 aromatic heterocycles. The number of benzene rings is 1. The van der Waals surface area contributed by atoms with E-state index in [1.54, 1.807) is 4.90 Å². The molecule has 1 aromatic carbocycles. The molecule has 0 aliphatic carbocycles. The first-order valence-corrected chi connectivity index (χ1v) is 8.23. The summed E-state index contributed by atoms with van der Waals surface area (Å²) in [4.78, 5) is 18.3. The molecule has 1 amide bonds. The summed E-state index contributed by atoms with van der Waals surface area (Å²) in [6.45, 7) is 3.55. The molecule has 7 heteroatoms. The minimum atomic E-state index is -0.0214. The summed E-state index contributed by atoms with van der Waals surface area (Å²) in [6, 6.07) is 5.91. The number of amides is 1. The minimum Gasteiger partial charge on any atom is -0.439 e. The Morgan fingerprint density at radius 1 is 1.48 bits per heavy atom. The quantitative estimate of drug-likeness (QED) is 0.774. The summed E-state index contributed by atoms with van der Waals surface area (Å²) in [7, 11) is 0. The van der Waals surface area contributed by atoms with Gasteiger partial charge in [0.15, 0.2) is 0 Å². The molecule has 0 atom stereocenters. The number of aliphatic hydroxyl groups is 1. The predicted octanol–water partition coefficient (Wildman–Crippen LogP) is 1.84. The maximum atomic E-state index is 12.0. The van der Waals surface area contributed by atoms with E-state index < -0.39 is 0 Å². The molecule has 3 rings (SSSR count). The first-order valence-electron chi connectivity index (χ1n) is 7.43. The summed E-state index contributed by atoms with van der Waals surface area (Å²) in [5, 5.41) is 11.6. The largest absolute Gasteiger partial charge is 0.439 e. The number of halogens is 1. The van der Waals surface area contributed by atoms with Crippen molar-refractivity contribution < 1.29 is 14.3 Å². The standard InChI is InChI=1S/C16H18BrN3O3/c1-10-11(3-2-4-12(10)17)16-19-13-8-20(9-14(13)23-16)15(22)7-18-5-6-21/h2-4,18,21H,5-9H2,1H3. The number of rotatable bonds is 5. The van der Waals surface area contributed by atoms with Gasteiger partial charge in [0.2, 0.25) is 11.8 Å². The smallest absolute Gasteiger partial charge is 0.237 e. The highest BCUT2D eigenvalue weighted by Crippen LogP contribution is 2.32. The van der Waals surface area contributed by atoms with E-state index in [1.807, 2.05) is 25.1 Å². The second kappa shape index (κ2) is 6.82. The van der Waals surface area contributed by atoms with Gasteiger partial charge in [0, 0.05) is 16.6 Å². The highest BCUT2D eigenvalue weighted by molar-refractivity contribution is 9.10. The number of hydrogen-bond acceptors (Lipinski definition) is 5. The number of aliphatic hydroxyl groups excluding tert-OH is 1. The van der Waals surface area contributed by atoms with E-state index in [1.165, 1.54) is 0 Å². The lowest BCUT2D eigenvalue weighted by molar-refractivity contribution is -0.131. The van der Waals surface area contributed by atoms with E-state index >= 15 is 0 Å². The lowest BCUT2D eigenvalue weighted by Crippen LogP contribution is -2.35. The second-order valence-corrected chi connectivity index (χ2v) is 6.31. The zero-order valence-corrected chi connectivity index (χ0v) is 14.4. The third-order valence-electron chi connectivity index (χ3n) is 3.87. The van der Waals surface area contributed by atoms with Gasteiger partial charge in [0.1, 0.15) is 11.5 Å². The van der Waals surface area contributed by atoms with Crippen LogP contribution in [0.3, 0.4) is 0 Å². The number of nitrogens with zero attached hydrogens (tertiary/aromatic N) is 2. The molecule has 2 aromatic rings. The van der Waals surface area contributed by atoms with Gasteiger partial charge in [-0.1, -0.05) is 22.0 Å². The average molecular weight is 380 g/mol. The van der Waals surface area contributed by atoms with Crippen LogP contribution in [0, 0.1) is 6.92 Å². The molecule has 0 saturated carbocycles. The molecule has 2 N–H and O–H groups in total. The van der Waals surface area contributed by atoms with E-state index in [9.17, 15) is 4.79 Å². The number of aromatic nitrogens is 1. The molecule has 0 spiro atoms. The molecule has 0 radical (unpaired) electrons. The van der Waals surface area contributed by atoms with Crippen molar-refractivity contribution in [2.75, 3.05) is 19.7 Å². The van der Waals surface area contributed by atoms with E-state index in [4.69, 9.17) is 9.52 Å². The van der Waals surface area contributed by atoms with Crippen molar-refractivity contribution in [2.24, 2.45) is 0 Å². The van der Waals surface area contributed by atoms with Crippen molar-refractivity contribution in [3.05, 3.63) is 39.7 Å². The highest BCUT2D eigenvalue weighted by Gasteiger charge is 2.29. The van der Waals surface area contributed by atoms with Gasteiger partial charge in [-0.15, -0.1) is 0 Å². The van der Waals surface area contributed by atoms with Crippen molar-refractivity contribution >= 4 is 21.8 Å². The number of carbonyl (C=O) groups is 1. The third kappa shape index (κ3) is 3.31. The van der Waals surface area contributed by atoms with Gasteiger partial charge >= 0.3 is 0 Å². The van der Waals surface area contributed by atoms with Crippen molar-refractivity contribution in [1.82, 2.24) is 15.2 Å². The monoisotopic (exact) mass is 379 g/mol. The fraction of sp³-hybridized carbons (Fsp3) is 0.375. The van der Waals surface area contributed by atoms with Gasteiger partial charge in [0.25, 0.3) is 0 Å². The van der Waals surface area contributed by atoms with E-state index in [0.717, 1.165) is 27.1 Å². The maximum absolute atomic E-state index is 12.0. The van der Waals surface area contributed by atoms with Crippen LogP contribution in [0.4, 0.5) is 0 Å². The van der Waals surface area contributed by atoms with Crippen LogP contribution in [-0.2, 0) is 17.9 Å². The topological polar surface area (TPSA) is 78.6 Å². The van der Waals surface area contributed by atoms with E-state index in [2.05, 4.69) is 26.2 Å². The van der Waals surface area contributed by atoms with E-state index in [-0.39, 0.29) is 19.1 Å². The van der Waals surface area contributed by atoms with Gasteiger partial charge in [-0.3, -0.25) is 4.79 Å². The van der Waals surface area contributed by atoms with Gasteiger partial charge in [-0.2, -0.15) is 0 Å². The molecule has 0 fully saturated rings. The molecule has 1 aliphatic rings. The van der Waals surface area contributed by atoms with Crippen LogP contribution in [0.15, 0.2) is 27.1 Å². The summed E-state index contributed by atoms with van der Waals surface area (Å²) in [5.41, 5.74) is 2.85. The molecular formula is C16H18BrN3O3. The van der Waals surface area contributed by atoms with Gasteiger partial charge in [-0.25, -0.2) is 4.98 Å². The number of nitrogens with one attached hydrogen (secondary N) is 1. The van der Waals surface area contributed by atoms with Crippen LogP contribution < -0.4 is 5.32 Å². The van der Waals surface area contributed by atoms with Crippen LogP contribution in [0.25, 0.3) is 11.5 Å². The van der Waals surface area contributed by atoms with Gasteiger partial charge in [0.05, 0.1) is 26.2 Å². The number of oxazole rings is 1. The number of hydrogen-bond donors (Lipinski definition) is 2. The molecule has 122 valence electrons. The Kier molecular flexibility index (Phi) is 4.79. The molecular weight excluding hydrogens is 362 g/mol. The van der Waals surface area contributed by atoms with Crippen molar-refractivity contribution in [3.8, 4) is 11.5 Å². The molecule has 1 aliphatic heterocycles. The average Bonchev–Trinajstić information content (AvgIpc) is 3.09. The van der Waals surface area contributed by atoms with Crippen molar-refractivity contribution in [3.63, 3.8) is 0 Å². The summed E-state index contributed by atoms with van der Waals surface area (Å²) in [6.07, 6.45) is 0. The fourth-order valence-corrected chi connectivity index (χ4v) is 2.92. The van der Waals surface area contributed by atoms with Gasteiger partial charge < -0.3 is 19.7 Å². The lowest BCUT2D eigenvalue weighted by Gasteiger charge is -2.15. The van der Waals surface area contributed by atoms with Crippen LogP contribution in [-0.4, -0.2) is 40.6 Å². The van der Waals surface area contributed by atoms with Crippen molar-refractivity contribution in [1.29, 1.82) is 0 Å². The first-order chi connectivity index (χ1) is 11.1. The molecule has 0 bridgehead atoms. The second-order valence-electron chi connectivity index (χ2n) is 5.45.